The summed E-state index contributed by atoms with van der Waals surface area (Å²) in [6.07, 6.45) is 7.39. The normalized spacial score (nSPS) is 25.3. The predicted octanol–water partition coefficient (Wildman–Crippen LogP) is 7.50. The maximum Gasteiger partial charge on any atom is 0.308 e. The average molecular weight is 720 g/mol. The van der Waals surface area contributed by atoms with Crippen molar-refractivity contribution in [2.24, 2.45) is 10.8 Å². The molecule has 2 unspecified atom stereocenters. The van der Waals surface area contributed by atoms with Gasteiger partial charge in [0.25, 0.3) is 0 Å². The van der Waals surface area contributed by atoms with E-state index < -0.39 is 22.8 Å². The van der Waals surface area contributed by atoms with Crippen LogP contribution in [0, 0.1) is 24.7 Å². The third-order valence-electron chi connectivity index (χ3n) is 12.0. The van der Waals surface area contributed by atoms with E-state index in [4.69, 9.17) is 32.7 Å². The molecular weight excluding hydrogens is 679 g/mol. The fourth-order valence-corrected chi connectivity index (χ4v) is 10.0. The number of esters is 2. The first-order chi connectivity index (χ1) is 23.9. The number of alkyl halides is 2. The Bertz CT molecular complexity index is 1960. The van der Waals surface area contributed by atoms with Gasteiger partial charge in [-0.3, -0.25) is 19.2 Å². The third-order valence-corrected chi connectivity index (χ3v) is 12.7. The molecule has 4 aromatic rings. The van der Waals surface area contributed by atoms with E-state index in [9.17, 15) is 19.2 Å². The SMILES string of the molecule is CC(=O)Oc1cc2c(c3c(C)c[nH]c13)C(CCl)CN2C(=O)C12CCC(C(=O)N3CC(CCl)c4c3cc(OC(C)=O)c3[nH]cc(C)c43)(CC1)CC2. The van der Waals surface area contributed by atoms with Crippen LogP contribution < -0.4 is 19.3 Å². The number of H-pyrrole nitrogens is 2. The summed E-state index contributed by atoms with van der Waals surface area (Å²) in [7, 11) is 0. The number of amides is 2. The molecule has 2 aromatic carbocycles. The zero-order valence-electron chi connectivity index (χ0n) is 28.6. The zero-order chi connectivity index (χ0) is 35.3. The minimum atomic E-state index is -0.595. The monoisotopic (exact) mass is 718 g/mol. The number of aromatic amines is 2. The van der Waals surface area contributed by atoms with Crippen LogP contribution in [-0.4, -0.2) is 58.6 Å². The summed E-state index contributed by atoms with van der Waals surface area (Å²) < 4.78 is 11.3. The standard InChI is InChI=1S/C38H40Cl2N4O6/c1-19-15-41-33-27(49-21(3)45)11-25-31(29(19)33)23(13-39)17-43(25)35(47)37-5-8-38(9-6-37,10-7-37)36(48)44-18-24(14-40)32-26(44)12-28(50-22(4)46)34-30(32)20(2)16-42-34/h11-12,15-16,23-24,41-42H,5-10,13-14,17-18H2,1-4H3. The van der Waals surface area contributed by atoms with Crippen LogP contribution >= 0.6 is 23.2 Å². The molecule has 3 saturated carbocycles. The minimum absolute atomic E-state index is 0.0542. The molecule has 9 rings (SSSR count). The first-order valence-corrected chi connectivity index (χ1v) is 18.4. The van der Waals surface area contributed by atoms with Crippen molar-refractivity contribution in [3.8, 4) is 11.5 Å². The summed E-state index contributed by atoms with van der Waals surface area (Å²) in [6, 6.07) is 3.61. The lowest BCUT2D eigenvalue weighted by molar-refractivity contribution is -0.147. The number of benzene rings is 2. The molecule has 12 heteroatoms. The summed E-state index contributed by atoms with van der Waals surface area (Å²) >= 11 is 13.1. The van der Waals surface area contributed by atoms with Crippen LogP contribution in [0.2, 0.25) is 0 Å². The van der Waals surface area contributed by atoms with Gasteiger partial charge in [0.05, 0.1) is 22.4 Å². The van der Waals surface area contributed by atoms with Crippen molar-refractivity contribution in [3.05, 3.63) is 46.8 Å². The van der Waals surface area contributed by atoms with Crippen LogP contribution in [-0.2, 0) is 19.2 Å². The van der Waals surface area contributed by atoms with Gasteiger partial charge in [0.1, 0.15) is 0 Å². The number of nitrogens with one attached hydrogen (secondary N) is 2. The second kappa shape index (κ2) is 11.8. The summed E-state index contributed by atoms with van der Waals surface area (Å²) in [6.45, 7) is 7.64. The number of ether oxygens (including phenoxy) is 2. The zero-order valence-corrected chi connectivity index (χ0v) is 30.1. The number of nitrogens with zero attached hydrogens (tertiary/aromatic N) is 2. The largest absolute Gasteiger partial charge is 0.424 e. The predicted molar refractivity (Wildman–Crippen MR) is 193 cm³/mol. The maximum atomic E-state index is 14.7. The Morgan fingerprint density at radius 3 is 1.38 bits per heavy atom. The molecule has 0 radical (unpaired) electrons. The van der Waals surface area contributed by atoms with Gasteiger partial charge in [-0.1, -0.05) is 0 Å². The van der Waals surface area contributed by atoms with E-state index in [0.717, 1.165) is 55.4 Å². The molecule has 262 valence electrons. The number of carbonyl (C=O) groups is 4. The van der Waals surface area contributed by atoms with Gasteiger partial charge in [-0.05, 0) is 74.6 Å². The number of anilines is 2. The van der Waals surface area contributed by atoms with E-state index in [-0.39, 0.29) is 23.7 Å². The van der Waals surface area contributed by atoms with E-state index in [2.05, 4.69) is 9.97 Å². The third kappa shape index (κ3) is 4.74. The molecule has 0 saturated heterocycles. The molecule has 2 aromatic heterocycles. The molecule has 0 spiro atoms. The van der Waals surface area contributed by atoms with Gasteiger partial charge in [0.2, 0.25) is 11.8 Å². The van der Waals surface area contributed by atoms with Crippen molar-refractivity contribution in [2.75, 3.05) is 34.6 Å². The van der Waals surface area contributed by atoms with Crippen LogP contribution in [0.5, 0.6) is 11.5 Å². The first-order valence-electron chi connectivity index (χ1n) is 17.3. The number of fused-ring (bicyclic) bond motifs is 9. The molecule has 50 heavy (non-hydrogen) atoms. The highest BCUT2D eigenvalue weighted by molar-refractivity contribution is 6.20. The fraction of sp³-hybridized carbons (Fsp3) is 0.474. The van der Waals surface area contributed by atoms with Crippen molar-refractivity contribution < 1.29 is 28.7 Å². The van der Waals surface area contributed by atoms with Crippen molar-refractivity contribution in [2.45, 2.75) is 78.1 Å². The minimum Gasteiger partial charge on any atom is -0.424 e. The molecule has 2 atom stereocenters. The van der Waals surface area contributed by atoms with Gasteiger partial charge in [0.15, 0.2) is 11.5 Å². The van der Waals surface area contributed by atoms with Crippen molar-refractivity contribution in [1.82, 2.24) is 9.97 Å². The maximum absolute atomic E-state index is 14.7. The second-order valence-corrected chi connectivity index (χ2v) is 15.5. The Labute approximate surface area is 299 Å². The topological polar surface area (TPSA) is 125 Å². The lowest BCUT2D eigenvalue weighted by Crippen LogP contribution is -2.56. The summed E-state index contributed by atoms with van der Waals surface area (Å²) in [5.41, 5.74) is 5.77. The highest BCUT2D eigenvalue weighted by Crippen LogP contribution is 2.60. The molecule has 10 nitrogen and oxygen atoms in total. The van der Waals surface area contributed by atoms with Gasteiger partial charge in [-0.2, -0.15) is 0 Å². The summed E-state index contributed by atoms with van der Waals surface area (Å²) in [5, 5.41) is 1.89. The quantitative estimate of drug-likeness (QED) is 0.121. The number of hydrogen-bond donors (Lipinski definition) is 2. The van der Waals surface area contributed by atoms with Gasteiger partial charge < -0.3 is 29.2 Å². The van der Waals surface area contributed by atoms with Crippen molar-refractivity contribution in [3.63, 3.8) is 0 Å². The molecule has 2 N–H and O–H groups in total. The molecule has 2 aliphatic heterocycles. The lowest BCUT2D eigenvalue weighted by Gasteiger charge is -2.53. The van der Waals surface area contributed by atoms with E-state index in [0.29, 0.717) is 74.9 Å². The van der Waals surface area contributed by atoms with Gasteiger partial charge in [-0.15, -0.1) is 23.2 Å². The first kappa shape index (κ1) is 33.1. The van der Waals surface area contributed by atoms with Crippen LogP contribution in [0.1, 0.15) is 86.5 Å². The summed E-state index contributed by atoms with van der Waals surface area (Å²) in [5.74, 6) is 0.591. The number of aromatic nitrogens is 2. The number of rotatable bonds is 6. The van der Waals surface area contributed by atoms with E-state index >= 15 is 0 Å². The Kier molecular flexibility index (Phi) is 7.80. The van der Waals surface area contributed by atoms with E-state index in [1.165, 1.54) is 13.8 Å². The number of hydrogen-bond acceptors (Lipinski definition) is 6. The Hall–Kier alpha value is -4.02. The molecule has 2 bridgehead atoms. The second-order valence-electron chi connectivity index (χ2n) is 14.8. The summed E-state index contributed by atoms with van der Waals surface area (Å²) in [4.78, 5) is 63.8. The highest BCUT2D eigenvalue weighted by atomic mass is 35.5. The van der Waals surface area contributed by atoms with Crippen LogP contribution in [0.3, 0.4) is 0 Å². The molecule has 2 amide bonds. The smallest absolute Gasteiger partial charge is 0.308 e. The Morgan fingerprint density at radius 2 is 1.06 bits per heavy atom. The van der Waals surface area contributed by atoms with Crippen molar-refractivity contribution in [1.29, 1.82) is 0 Å². The van der Waals surface area contributed by atoms with Crippen LogP contribution in [0.4, 0.5) is 11.4 Å². The van der Waals surface area contributed by atoms with E-state index in [1.54, 1.807) is 12.1 Å². The number of aryl methyl sites for hydroxylation is 2. The molecular formula is C38H40Cl2N4O6. The molecule has 4 heterocycles. The molecule has 3 fully saturated rings. The Morgan fingerprint density at radius 1 is 0.700 bits per heavy atom. The lowest BCUT2D eigenvalue weighted by atomic mass is 9.53. The van der Waals surface area contributed by atoms with E-state index in [1.807, 2.05) is 36.0 Å². The highest BCUT2D eigenvalue weighted by Gasteiger charge is 2.58. The number of carbonyl (C=O) groups excluding carboxylic acids is 4. The van der Waals surface area contributed by atoms with Crippen molar-refractivity contribution >= 4 is 80.1 Å². The van der Waals surface area contributed by atoms with Gasteiger partial charge >= 0.3 is 11.9 Å². The van der Waals surface area contributed by atoms with Crippen LogP contribution in [0.25, 0.3) is 21.8 Å². The Balaban J connectivity index is 1.10. The van der Waals surface area contributed by atoms with Gasteiger partial charge in [-0.25, -0.2) is 0 Å². The average Bonchev–Trinajstić information content (AvgIpc) is 3.87. The van der Waals surface area contributed by atoms with Crippen LogP contribution in [0.15, 0.2) is 24.5 Å². The molecule has 5 aliphatic rings. The van der Waals surface area contributed by atoms with Gasteiger partial charge in [0, 0.05) is 96.7 Å². The molecule has 3 aliphatic carbocycles. The number of halogens is 2. The fourth-order valence-electron chi connectivity index (χ4n) is 9.53.